The van der Waals surface area contributed by atoms with Gasteiger partial charge in [0.1, 0.15) is 0 Å². The molecule has 0 heterocycles. The van der Waals surface area contributed by atoms with E-state index in [-0.39, 0.29) is 23.9 Å². The number of carboxylic acid groups (broad SMARTS) is 1. The molecule has 9 heteroatoms. The molecule has 0 fully saturated rings. The van der Waals surface area contributed by atoms with E-state index < -0.39 is 22.0 Å². The van der Waals surface area contributed by atoms with Gasteiger partial charge in [0.2, 0.25) is 10.0 Å². The van der Waals surface area contributed by atoms with Gasteiger partial charge in [0.05, 0.1) is 17.4 Å². The van der Waals surface area contributed by atoms with Gasteiger partial charge in [-0.25, -0.2) is 13.2 Å². The molecular weight excluding hydrogens is 346 g/mol. The van der Waals surface area contributed by atoms with Crippen molar-refractivity contribution in [2.45, 2.75) is 38.1 Å². The first-order chi connectivity index (χ1) is 11.7. The average Bonchev–Trinajstić information content (AvgIpc) is 2.55. The van der Waals surface area contributed by atoms with Crippen LogP contribution in [0.15, 0.2) is 29.2 Å². The van der Waals surface area contributed by atoms with E-state index in [1.165, 1.54) is 16.4 Å². The van der Waals surface area contributed by atoms with Crippen LogP contribution < -0.4 is 10.6 Å². The molecule has 1 aromatic rings. The summed E-state index contributed by atoms with van der Waals surface area (Å²) in [7, 11) is -3.51. The van der Waals surface area contributed by atoms with Gasteiger partial charge in [-0.3, -0.25) is 4.79 Å². The van der Waals surface area contributed by atoms with Crippen LogP contribution in [0, 0.1) is 0 Å². The van der Waals surface area contributed by atoms with E-state index in [4.69, 9.17) is 5.11 Å². The van der Waals surface area contributed by atoms with Crippen LogP contribution in [0.25, 0.3) is 0 Å². The predicted molar refractivity (Wildman–Crippen MR) is 93.8 cm³/mol. The van der Waals surface area contributed by atoms with Gasteiger partial charge in [0, 0.05) is 19.6 Å². The van der Waals surface area contributed by atoms with Crippen LogP contribution in [0.2, 0.25) is 0 Å². The summed E-state index contributed by atoms with van der Waals surface area (Å²) in [6, 6.07) is 5.51. The highest BCUT2D eigenvalue weighted by Gasteiger charge is 2.21. The SMILES string of the molecule is CCN(CC)S(=O)(=O)c1ccc(C(C)NC(=O)NCCC(=O)O)cc1. The topological polar surface area (TPSA) is 116 Å². The zero-order valence-electron chi connectivity index (χ0n) is 14.7. The Morgan fingerprint density at radius 1 is 1.16 bits per heavy atom. The molecule has 0 saturated carbocycles. The Labute approximate surface area is 148 Å². The number of rotatable bonds is 9. The Morgan fingerprint density at radius 2 is 1.72 bits per heavy atom. The van der Waals surface area contributed by atoms with Crippen LogP contribution in [0.1, 0.15) is 38.8 Å². The fourth-order valence-corrected chi connectivity index (χ4v) is 3.71. The largest absolute Gasteiger partial charge is 0.481 e. The van der Waals surface area contributed by atoms with Gasteiger partial charge < -0.3 is 15.7 Å². The summed E-state index contributed by atoms with van der Waals surface area (Å²) >= 11 is 0. The lowest BCUT2D eigenvalue weighted by molar-refractivity contribution is -0.136. The number of carbonyl (C=O) groups is 2. The fourth-order valence-electron chi connectivity index (χ4n) is 2.26. The van der Waals surface area contributed by atoms with E-state index >= 15 is 0 Å². The number of benzene rings is 1. The number of urea groups is 1. The molecule has 1 atom stereocenters. The fraction of sp³-hybridized carbons (Fsp3) is 0.500. The number of carbonyl (C=O) groups excluding carboxylic acids is 1. The lowest BCUT2D eigenvalue weighted by Gasteiger charge is -2.19. The molecule has 3 N–H and O–H groups in total. The number of amides is 2. The molecule has 0 saturated heterocycles. The molecule has 0 spiro atoms. The molecule has 25 heavy (non-hydrogen) atoms. The van der Waals surface area contributed by atoms with Crippen molar-refractivity contribution in [3.8, 4) is 0 Å². The highest BCUT2D eigenvalue weighted by molar-refractivity contribution is 7.89. The van der Waals surface area contributed by atoms with Gasteiger partial charge in [0.15, 0.2) is 0 Å². The highest BCUT2D eigenvalue weighted by Crippen LogP contribution is 2.19. The molecule has 1 unspecified atom stereocenters. The minimum atomic E-state index is -3.51. The van der Waals surface area contributed by atoms with Crippen molar-refractivity contribution >= 4 is 22.0 Å². The van der Waals surface area contributed by atoms with Crippen molar-refractivity contribution < 1.29 is 23.1 Å². The summed E-state index contributed by atoms with van der Waals surface area (Å²) in [5.74, 6) is -0.988. The third-order valence-corrected chi connectivity index (χ3v) is 5.76. The Kier molecular flexibility index (Phi) is 7.85. The van der Waals surface area contributed by atoms with E-state index in [0.717, 1.165) is 5.56 Å². The number of aliphatic carboxylic acids is 1. The Morgan fingerprint density at radius 3 is 2.20 bits per heavy atom. The zero-order valence-corrected chi connectivity index (χ0v) is 15.5. The van der Waals surface area contributed by atoms with Gasteiger partial charge in [-0.05, 0) is 24.6 Å². The summed E-state index contributed by atoms with van der Waals surface area (Å²) in [4.78, 5) is 22.3. The molecule has 0 aliphatic carbocycles. The summed E-state index contributed by atoms with van der Waals surface area (Å²) < 4.78 is 26.2. The number of nitrogens with zero attached hydrogens (tertiary/aromatic N) is 1. The summed E-state index contributed by atoms with van der Waals surface area (Å²) in [5.41, 5.74) is 0.742. The lowest BCUT2D eigenvalue weighted by Crippen LogP contribution is -2.38. The van der Waals surface area contributed by atoms with Crippen LogP contribution in [-0.4, -0.2) is 49.5 Å². The number of carboxylic acids is 1. The quantitative estimate of drug-likeness (QED) is 0.609. The summed E-state index contributed by atoms with van der Waals surface area (Å²) in [6.45, 7) is 6.15. The average molecular weight is 371 g/mol. The van der Waals surface area contributed by atoms with Crippen molar-refractivity contribution in [1.82, 2.24) is 14.9 Å². The first-order valence-corrected chi connectivity index (χ1v) is 9.52. The van der Waals surface area contributed by atoms with Crippen molar-refractivity contribution in [2.24, 2.45) is 0 Å². The van der Waals surface area contributed by atoms with Gasteiger partial charge in [-0.1, -0.05) is 26.0 Å². The van der Waals surface area contributed by atoms with Crippen molar-refractivity contribution in [3.05, 3.63) is 29.8 Å². The van der Waals surface area contributed by atoms with Gasteiger partial charge >= 0.3 is 12.0 Å². The third kappa shape index (κ3) is 6.02. The first kappa shape index (κ1) is 20.9. The third-order valence-electron chi connectivity index (χ3n) is 3.70. The Hall–Kier alpha value is -2.13. The van der Waals surface area contributed by atoms with Crippen LogP contribution in [0.4, 0.5) is 4.79 Å². The maximum Gasteiger partial charge on any atom is 0.315 e. The van der Waals surface area contributed by atoms with Crippen LogP contribution >= 0.6 is 0 Å². The molecule has 1 aromatic carbocycles. The second-order valence-corrected chi connectivity index (χ2v) is 7.36. The number of hydrogen-bond acceptors (Lipinski definition) is 4. The first-order valence-electron chi connectivity index (χ1n) is 8.08. The van der Waals surface area contributed by atoms with Crippen LogP contribution in [-0.2, 0) is 14.8 Å². The molecular formula is C16H25N3O5S. The smallest absolute Gasteiger partial charge is 0.315 e. The molecule has 2 amide bonds. The second kappa shape index (κ2) is 9.38. The van der Waals surface area contributed by atoms with E-state index in [1.807, 2.05) is 0 Å². The Balaban J connectivity index is 2.72. The monoisotopic (exact) mass is 371 g/mol. The number of nitrogens with one attached hydrogen (secondary N) is 2. The predicted octanol–water partition coefficient (Wildman–Crippen LogP) is 1.55. The van der Waals surface area contributed by atoms with Crippen LogP contribution in [0.3, 0.4) is 0 Å². The molecule has 0 radical (unpaired) electrons. The van der Waals surface area contributed by atoms with Crippen molar-refractivity contribution in [1.29, 1.82) is 0 Å². The van der Waals surface area contributed by atoms with E-state index in [0.29, 0.717) is 13.1 Å². The van der Waals surface area contributed by atoms with Gasteiger partial charge in [-0.15, -0.1) is 0 Å². The normalized spacial score (nSPS) is 12.6. The summed E-state index contributed by atoms with van der Waals surface area (Å²) in [6.07, 6.45) is -0.153. The summed E-state index contributed by atoms with van der Waals surface area (Å²) in [5, 5.41) is 13.6. The van der Waals surface area contributed by atoms with Crippen molar-refractivity contribution in [3.63, 3.8) is 0 Å². The maximum atomic E-state index is 12.4. The molecule has 0 aliphatic heterocycles. The molecule has 0 aromatic heterocycles. The van der Waals surface area contributed by atoms with Gasteiger partial charge in [0.25, 0.3) is 0 Å². The highest BCUT2D eigenvalue weighted by atomic mass is 32.2. The molecule has 140 valence electrons. The Bertz CT molecular complexity index is 684. The minimum absolute atomic E-state index is 0.0366. The molecule has 8 nitrogen and oxygen atoms in total. The van der Waals surface area contributed by atoms with E-state index in [2.05, 4.69) is 10.6 Å². The van der Waals surface area contributed by atoms with E-state index in [1.54, 1.807) is 32.9 Å². The minimum Gasteiger partial charge on any atom is -0.481 e. The lowest BCUT2D eigenvalue weighted by atomic mass is 10.1. The molecule has 1 rings (SSSR count). The second-order valence-electron chi connectivity index (χ2n) is 5.42. The van der Waals surface area contributed by atoms with Gasteiger partial charge in [-0.2, -0.15) is 4.31 Å². The zero-order chi connectivity index (χ0) is 19.0. The maximum absolute atomic E-state index is 12.4. The number of sulfonamides is 1. The molecule has 0 aliphatic rings. The van der Waals surface area contributed by atoms with Crippen molar-refractivity contribution in [2.75, 3.05) is 19.6 Å². The standard InChI is InChI=1S/C16H25N3O5S/c1-4-19(5-2)25(23,24)14-8-6-13(7-9-14)12(3)18-16(22)17-11-10-15(20)21/h6-9,12H,4-5,10-11H2,1-3H3,(H,20,21)(H2,17,18,22). The number of hydrogen-bond donors (Lipinski definition) is 3. The molecule has 0 bridgehead atoms. The van der Waals surface area contributed by atoms with E-state index in [9.17, 15) is 18.0 Å². The van der Waals surface area contributed by atoms with Crippen LogP contribution in [0.5, 0.6) is 0 Å².